The third kappa shape index (κ3) is 4.99. The summed E-state index contributed by atoms with van der Waals surface area (Å²) >= 11 is 0. The number of hydrogen-bond donors (Lipinski definition) is 1. The molecule has 1 saturated heterocycles. The second kappa shape index (κ2) is 8.47. The van der Waals surface area contributed by atoms with Crippen molar-refractivity contribution in [2.24, 2.45) is 5.92 Å². The van der Waals surface area contributed by atoms with E-state index >= 15 is 0 Å². The van der Waals surface area contributed by atoms with Gasteiger partial charge in [0.1, 0.15) is 5.75 Å². The van der Waals surface area contributed by atoms with Crippen LogP contribution in [0.2, 0.25) is 0 Å². The van der Waals surface area contributed by atoms with Gasteiger partial charge in [0, 0.05) is 36.6 Å². The van der Waals surface area contributed by atoms with Crippen LogP contribution in [0.15, 0.2) is 30.5 Å². The van der Waals surface area contributed by atoms with E-state index in [9.17, 15) is 18.0 Å². The molecule has 10 heteroatoms. The Morgan fingerprint density at radius 1 is 1.20 bits per heavy atom. The molecule has 4 rings (SSSR count). The minimum atomic E-state index is -4.75. The molecule has 1 atom stereocenters. The summed E-state index contributed by atoms with van der Waals surface area (Å²) in [5.41, 5.74) is 2.33. The van der Waals surface area contributed by atoms with Crippen molar-refractivity contribution < 1.29 is 27.4 Å². The molecule has 160 valence electrons. The van der Waals surface area contributed by atoms with Gasteiger partial charge in [-0.1, -0.05) is 0 Å². The van der Waals surface area contributed by atoms with Gasteiger partial charge in [-0.2, -0.15) is 0 Å². The van der Waals surface area contributed by atoms with Crippen LogP contribution < -0.4 is 15.0 Å². The van der Waals surface area contributed by atoms with E-state index < -0.39 is 6.36 Å². The van der Waals surface area contributed by atoms with E-state index in [-0.39, 0.29) is 17.6 Å². The highest BCUT2D eigenvalue weighted by Crippen LogP contribution is 2.28. The second-order valence-corrected chi connectivity index (χ2v) is 7.24. The topological polar surface area (TPSA) is 76.6 Å². The third-order valence-electron chi connectivity index (χ3n) is 5.16. The zero-order valence-electron chi connectivity index (χ0n) is 16.1. The van der Waals surface area contributed by atoms with Crippen LogP contribution >= 0.6 is 0 Å². The first-order valence-electron chi connectivity index (χ1n) is 9.71. The number of alkyl halides is 3. The molecule has 30 heavy (non-hydrogen) atoms. The standard InChI is InChI=1S/C20H21F3N4O3/c21-20(22,23)30-16-4-2-15(3-5-16)25-18(28)13-1-6-17-14(11-13)12-24-19(26-17)27-7-9-29-10-8-27/h2-5,12-13H,1,6-11H2,(H,25,28)/t13-/m1/s1. The number of aryl methyl sites for hydroxylation is 1. The lowest BCUT2D eigenvalue weighted by molar-refractivity contribution is -0.274. The van der Waals surface area contributed by atoms with Crippen LogP contribution in [0.5, 0.6) is 5.75 Å². The Bertz CT molecular complexity index is 899. The molecule has 1 aromatic heterocycles. The Morgan fingerprint density at radius 2 is 1.93 bits per heavy atom. The van der Waals surface area contributed by atoms with Crippen LogP contribution in [0.4, 0.5) is 24.8 Å². The smallest absolute Gasteiger partial charge is 0.406 e. The number of halogens is 3. The Morgan fingerprint density at radius 3 is 2.63 bits per heavy atom. The number of fused-ring (bicyclic) bond motifs is 1. The Hall–Kier alpha value is -2.88. The van der Waals surface area contributed by atoms with E-state index in [0.29, 0.717) is 44.1 Å². The molecule has 7 nitrogen and oxygen atoms in total. The first-order valence-corrected chi connectivity index (χ1v) is 9.71. The lowest BCUT2D eigenvalue weighted by atomic mass is 9.86. The molecule has 1 aliphatic heterocycles. The number of morpholine rings is 1. The van der Waals surface area contributed by atoms with E-state index in [4.69, 9.17) is 4.74 Å². The van der Waals surface area contributed by atoms with Gasteiger partial charge in [-0.25, -0.2) is 9.97 Å². The van der Waals surface area contributed by atoms with Crippen molar-refractivity contribution in [3.8, 4) is 5.75 Å². The fourth-order valence-electron chi connectivity index (χ4n) is 3.62. The number of rotatable bonds is 4. The van der Waals surface area contributed by atoms with Crippen molar-refractivity contribution in [3.05, 3.63) is 41.7 Å². The summed E-state index contributed by atoms with van der Waals surface area (Å²) < 4.78 is 45.9. The van der Waals surface area contributed by atoms with E-state index in [0.717, 1.165) is 24.3 Å². The molecule has 2 heterocycles. The molecule has 2 aliphatic rings. The van der Waals surface area contributed by atoms with Crippen molar-refractivity contribution in [2.75, 3.05) is 36.5 Å². The number of ether oxygens (including phenoxy) is 2. The van der Waals surface area contributed by atoms with Gasteiger partial charge in [-0.05, 0) is 49.1 Å². The van der Waals surface area contributed by atoms with E-state index in [1.54, 1.807) is 6.20 Å². The highest BCUT2D eigenvalue weighted by molar-refractivity contribution is 5.92. The number of hydrogen-bond acceptors (Lipinski definition) is 6. The predicted molar refractivity (Wildman–Crippen MR) is 102 cm³/mol. The van der Waals surface area contributed by atoms with E-state index in [1.807, 2.05) is 0 Å². The van der Waals surface area contributed by atoms with Crippen LogP contribution in [-0.4, -0.2) is 48.5 Å². The average Bonchev–Trinajstić information content (AvgIpc) is 2.74. The summed E-state index contributed by atoms with van der Waals surface area (Å²) in [4.78, 5) is 23.8. The van der Waals surface area contributed by atoms with Crippen molar-refractivity contribution in [1.29, 1.82) is 0 Å². The number of benzene rings is 1. The molecule has 0 saturated carbocycles. The van der Waals surface area contributed by atoms with Crippen LogP contribution in [0, 0.1) is 5.92 Å². The summed E-state index contributed by atoms with van der Waals surface area (Å²) in [6.07, 6.45) is -1.11. The molecule has 1 N–H and O–H groups in total. The normalized spacial score (nSPS) is 19.2. The fraction of sp³-hybridized carbons (Fsp3) is 0.450. The molecule has 1 fully saturated rings. The largest absolute Gasteiger partial charge is 0.573 e. The van der Waals surface area contributed by atoms with Gasteiger partial charge in [-0.15, -0.1) is 13.2 Å². The highest BCUT2D eigenvalue weighted by Gasteiger charge is 2.31. The lowest BCUT2D eigenvalue weighted by Crippen LogP contribution is -2.38. The van der Waals surface area contributed by atoms with Gasteiger partial charge in [0.25, 0.3) is 0 Å². The zero-order chi connectivity index (χ0) is 21.1. The van der Waals surface area contributed by atoms with Crippen LogP contribution in [-0.2, 0) is 22.4 Å². The molecule has 0 bridgehead atoms. The summed E-state index contributed by atoms with van der Waals surface area (Å²) in [5.74, 6) is -0.0646. The molecule has 1 amide bonds. The van der Waals surface area contributed by atoms with Gasteiger partial charge in [0.2, 0.25) is 11.9 Å². The number of carbonyl (C=O) groups is 1. The van der Waals surface area contributed by atoms with Crippen LogP contribution in [0.1, 0.15) is 17.7 Å². The van der Waals surface area contributed by atoms with Gasteiger partial charge >= 0.3 is 6.36 Å². The molecular formula is C20H21F3N4O3. The monoisotopic (exact) mass is 422 g/mol. The quantitative estimate of drug-likeness (QED) is 0.817. The molecular weight excluding hydrogens is 401 g/mol. The first kappa shape index (κ1) is 20.4. The minimum absolute atomic E-state index is 0.178. The molecule has 2 aromatic rings. The maximum atomic E-state index is 12.6. The minimum Gasteiger partial charge on any atom is -0.406 e. The Labute approximate surface area is 171 Å². The maximum Gasteiger partial charge on any atom is 0.573 e. The number of amides is 1. The van der Waals surface area contributed by atoms with Crippen LogP contribution in [0.25, 0.3) is 0 Å². The Kier molecular flexibility index (Phi) is 5.76. The van der Waals surface area contributed by atoms with Crippen molar-refractivity contribution in [2.45, 2.75) is 25.6 Å². The second-order valence-electron chi connectivity index (χ2n) is 7.24. The summed E-state index contributed by atoms with van der Waals surface area (Å²) in [6.45, 7) is 2.84. The van der Waals surface area contributed by atoms with Crippen molar-refractivity contribution in [3.63, 3.8) is 0 Å². The third-order valence-corrected chi connectivity index (χ3v) is 5.16. The Balaban J connectivity index is 1.36. The predicted octanol–water partition coefficient (Wildman–Crippen LogP) is 2.96. The van der Waals surface area contributed by atoms with Gasteiger partial charge in [0.15, 0.2) is 0 Å². The number of carbonyl (C=O) groups excluding carboxylic acids is 1. The molecule has 1 aliphatic carbocycles. The SMILES string of the molecule is O=C(Nc1ccc(OC(F)(F)F)cc1)[C@@H]1CCc2nc(N3CCOCC3)ncc2C1. The molecule has 0 unspecified atom stereocenters. The summed E-state index contributed by atoms with van der Waals surface area (Å²) in [7, 11) is 0. The summed E-state index contributed by atoms with van der Waals surface area (Å²) in [5, 5.41) is 2.76. The molecule has 0 radical (unpaired) electrons. The first-order chi connectivity index (χ1) is 14.4. The van der Waals surface area contributed by atoms with Gasteiger partial charge in [0.05, 0.1) is 13.2 Å². The van der Waals surface area contributed by atoms with Gasteiger partial charge in [-0.3, -0.25) is 4.79 Å². The number of aromatic nitrogens is 2. The van der Waals surface area contributed by atoms with Crippen molar-refractivity contribution >= 4 is 17.5 Å². The van der Waals surface area contributed by atoms with E-state index in [2.05, 4.69) is 24.9 Å². The van der Waals surface area contributed by atoms with Gasteiger partial charge < -0.3 is 19.7 Å². The highest BCUT2D eigenvalue weighted by atomic mass is 19.4. The maximum absolute atomic E-state index is 12.6. The molecule has 0 spiro atoms. The average molecular weight is 422 g/mol. The fourth-order valence-corrected chi connectivity index (χ4v) is 3.62. The van der Waals surface area contributed by atoms with Crippen molar-refractivity contribution in [1.82, 2.24) is 9.97 Å². The zero-order valence-corrected chi connectivity index (χ0v) is 16.1. The van der Waals surface area contributed by atoms with Crippen LogP contribution in [0.3, 0.4) is 0 Å². The number of nitrogens with zero attached hydrogens (tertiary/aromatic N) is 3. The number of anilines is 2. The van der Waals surface area contributed by atoms with E-state index in [1.165, 1.54) is 24.3 Å². The lowest BCUT2D eigenvalue weighted by Gasteiger charge is -2.28. The molecule has 1 aromatic carbocycles. The summed E-state index contributed by atoms with van der Waals surface area (Å²) in [6, 6.07) is 5.10. The number of nitrogens with one attached hydrogen (secondary N) is 1.